The molecule has 2 N–H and O–H groups in total. The summed E-state index contributed by atoms with van der Waals surface area (Å²) in [7, 11) is 3.19. The predicted octanol–water partition coefficient (Wildman–Crippen LogP) is -0.245. The summed E-state index contributed by atoms with van der Waals surface area (Å²) in [5.74, 6) is -0.568. The van der Waals surface area contributed by atoms with Crippen LogP contribution in [0.15, 0.2) is 6.20 Å². The Labute approximate surface area is 104 Å². The molecule has 2 rings (SSSR count). The van der Waals surface area contributed by atoms with Gasteiger partial charge in [-0.15, -0.1) is 0 Å². The zero-order chi connectivity index (χ0) is 13.1. The Hall–Kier alpha value is -1.89. The number of aromatic nitrogens is 2. The number of amides is 2. The molecule has 1 aromatic heterocycles. The van der Waals surface area contributed by atoms with Crippen LogP contribution in [0.25, 0.3) is 0 Å². The summed E-state index contributed by atoms with van der Waals surface area (Å²) in [4.78, 5) is 23.6. The minimum atomic E-state index is -0.284. The molecule has 2 amide bonds. The highest BCUT2D eigenvalue weighted by Gasteiger charge is 2.25. The van der Waals surface area contributed by atoms with Crippen molar-refractivity contribution < 1.29 is 14.3 Å². The van der Waals surface area contributed by atoms with E-state index in [1.165, 1.54) is 17.9 Å². The number of carbonyl (C=O) groups excluding carboxylic acids is 2. The molecule has 1 saturated heterocycles. The highest BCUT2D eigenvalue weighted by Crippen LogP contribution is 2.18. The maximum Gasteiger partial charge on any atom is 0.271 e. The van der Waals surface area contributed by atoms with Crippen LogP contribution in [0.5, 0.6) is 0 Å². The maximum atomic E-state index is 11.9. The van der Waals surface area contributed by atoms with Crippen molar-refractivity contribution in [3.63, 3.8) is 0 Å². The maximum absolute atomic E-state index is 11.9. The van der Waals surface area contributed by atoms with Gasteiger partial charge in [-0.3, -0.25) is 14.3 Å². The third-order valence-corrected chi connectivity index (χ3v) is 2.94. The van der Waals surface area contributed by atoms with Gasteiger partial charge in [-0.25, -0.2) is 0 Å². The molecule has 18 heavy (non-hydrogen) atoms. The highest BCUT2D eigenvalue weighted by molar-refractivity contribution is 6.02. The van der Waals surface area contributed by atoms with Gasteiger partial charge in [-0.1, -0.05) is 0 Å². The lowest BCUT2D eigenvalue weighted by Gasteiger charge is -2.09. The SMILES string of the molecule is CNC(=O)c1c(NC(=O)C2CCOC2)cnn1C. The van der Waals surface area contributed by atoms with Crippen molar-refractivity contribution in [1.29, 1.82) is 0 Å². The first-order chi connectivity index (χ1) is 8.63. The van der Waals surface area contributed by atoms with E-state index in [4.69, 9.17) is 4.74 Å². The lowest BCUT2D eigenvalue weighted by molar-refractivity contribution is -0.119. The number of anilines is 1. The molecule has 0 aliphatic carbocycles. The zero-order valence-electron chi connectivity index (χ0n) is 10.4. The van der Waals surface area contributed by atoms with Gasteiger partial charge in [0, 0.05) is 20.7 Å². The number of carbonyl (C=O) groups is 2. The molecule has 7 heteroatoms. The monoisotopic (exact) mass is 252 g/mol. The second-order valence-corrected chi connectivity index (χ2v) is 4.16. The van der Waals surface area contributed by atoms with Gasteiger partial charge >= 0.3 is 0 Å². The normalized spacial score (nSPS) is 18.7. The van der Waals surface area contributed by atoms with Crippen molar-refractivity contribution in [3.8, 4) is 0 Å². The van der Waals surface area contributed by atoms with Gasteiger partial charge < -0.3 is 15.4 Å². The average molecular weight is 252 g/mol. The van der Waals surface area contributed by atoms with Crippen LogP contribution in [-0.4, -0.2) is 41.9 Å². The molecule has 1 unspecified atom stereocenters. The average Bonchev–Trinajstić information content (AvgIpc) is 2.98. The summed E-state index contributed by atoms with van der Waals surface area (Å²) in [6, 6.07) is 0. The van der Waals surface area contributed by atoms with Gasteiger partial charge in [0.15, 0.2) is 0 Å². The fraction of sp³-hybridized carbons (Fsp3) is 0.545. The van der Waals surface area contributed by atoms with Crippen LogP contribution in [0.2, 0.25) is 0 Å². The Morgan fingerprint density at radius 2 is 2.33 bits per heavy atom. The summed E-state index contributed by atoms with van der Waals surface area (Å²) in [5.41, 5.74) is 0.763. The lowest BCUT2D eigenvalue weighted by Crippen LogP contribution is -2.26. The number of aryl methyl sites for hydroxylation is 1. The highest BCUT2D eigenvalue weighted by atomic mass is 16.5. The standard InChI is InChI=1S/C11H16N4O3/c1-12-11(17)9-8(5-13-15(9)2)14-10(16)7-3-4-18-6-7/h5,7H,3-4,6H2,1-2H3,(H,12,17)(H,14,16). The van der Waals surface area contributed by atoms with Crippen LogP contribution in [0.4, 0.5) is 5.69 Å². The molecule has 0 aromatic carbocycles. The van der Waals surface area contributed by atoms with Gasteiger partial charge in [0.05, 0.1) is 24.4 Å². The van der Waals surface area contributed by atoms with Crippen molar-refractivity contribution in [3.05, 3.63) is 11.9 Å². The van der Waals surface area contributed by atoms with E-state index in [0.29, 0.717) is 31.0 Å². The van der Waals surface area contributed by atoms with Crippen LogP contribution < -0.4 is 10.6 Å². The fourth-order valence-corrected chi connectivity index (χ4v) is 1.89. The van der Waals surface area contributed by atoms with Gasteiger partial charge in [0.2, 0.25) is 5.91 Å². The van der Waals surface area contributed by atoms with Crippen molar-refractivity contribution >= 4 is 17.5 Å². The Bertz CT molecular complexity index is 463. The van der Waals surface area contributed by atoms with E-state index < -0.39 is 0 Å². The first kappa shape index (κ1) is 12.6. The molecular formula is C11H16N4O3. The number of nitrogens with zero attached hydrogens (tertiary/aromatic N) is 2. The van der Waals surface area contributed by atoms with E-state index in [2.05, 4.69) is 15.7 Å². The van der Waals surface area contributed by atoms with Crippen LogP contribution in [0.3, 0.4) is 0 Å². The summed E-state index contributed by atoms with van der Waals surface area (Å²) in [6.45, 7) is 1.04. The Kier molecular flexibility index (Phi) is 3.61. The minimum Gasteiger partial charge on any atom is -0.381 e. The Morgan fingerprint density at radius 3 is 2.94 bits per heavy atom. The largest absolute Gasteiger partial charge is 0.381 e. The van der Waals surface area contributed by atoms with Crippen molar-refractivity contribution in [2.45, 2.75) is 6.42 Å². The van der Waals surface area contributed by atoms with Crippen molar-refractivity contribution in [1.82, 2.24) is 15.1 Å². The molecule has 2 heterocycles. The predicted molar refractivity (Wildman–Crippen MR) is 64.2 cm³/mol. The molecule has 1 atom stereocenters. The summed E-state index contributed by atoms with van der Waals surface area (Å²) >= 11 is 0. The third kappa shape index (κ3) is 2.35. The van der Waals surface area contributed by atoms with E-state index in [-0.39, 0.29) is 17.7 Å². The molecule has 7 nitrogen and oxygen atoms in total. The van der Waals surface area contributed by atoms with Gasteiger partial charge in [0.1, 0.15) is 5.69 Å². The van der Waals surface area contributed by atoms with Gasteiger partial charge in [-0.2, -0.15) is 5.10 Å². The molecule has 1 aliphatic heterocycles. The summed E-state index contributed by atoms with van der Waals surface area (Å²) in [6.07, 6.45) is 2.18. The van der Waals surface area contributed by atoms with E-state index >= 15 is 0 Å². The third-order valence-electron chi connectivity index (χ3n) is 2.94. The first-order valence-corrected chi connectivity index (χ1v) is 5.76. The second-order valence-electron chi connectivity index (χ2n) is 4.16. The number of nitrogens with one attached hydrogen (secondary N) is 2. The molecule has 0 spiro atoms. The lowest BCUT2D eigenvalue weighted by atomic mass is 10.1. The van der Waals surface area contributed by atoms with Crippen molar-refractivity contribution in [2.24, 2.45) is 13.0 Å². The molecule has 0 saturated carbocycles. The molecule has 1 aromatic rings. The van der Waals surface area contributed by atoms with Gasteiger partial charge in [0.25, 0.3) is 5.91 Å². The second kappa shape index (κ2) is 5.18. The topological polar surface area (TPSA) is 85.2 Å². The zero-order valence-corrected chi connectivity index (χ0v) is 10.4. The van der Waals surface area contributed by atoms with Gasteiger partial charge in [-0.05, 0) is 6.42 Å². The number of ether oxygens (including phenoxy) is 1. The Balaban J connectivity index is 2.13. The number of hydrogen-bond donors (Lipinski definition) is 2. The smallest absolute Gasteiger partial charge is 0.271 e. The molecule has 98 valence electrons. The number of rotatable bonds is 3. The number of hydrogen-bond acceptors (Lipinski definition) is 4. The van der Waals surface area contributed by atoms with E-state index in [1.807, 2.05) is 0 Å². The van der Waals surface area contributed by atoms with E-state index in [1.54, 1.807) is 7.05 Å². The molecule has 1 fully saturated rings. The van der Waals surface area contributed by atoms with Crippen molar-refractivity contribution in [2.75, 3.05) is 25.6 Å². The fourth-order valence-electron chi connectivity index (χ4n) is 1.89. The van der Waals surface area contributed by atoms with Crippen LogP contribution in [-0.2, 0) is 16.6 Å². The summed E-state index contributed by atoms with van der Waals surface area (Å²) < 4.78 is 6.59. The van der Waals surface area contributed by atoms with Crippen LogP contribution in [0, 0.1) is 5.92 Å². The molecular weight excluding hydrogens is 236 g/mol. The molecule has 0 bridgehead atoms. The summed E-state index contributed by atoms with van der Waals surface area (Å²) in [5, 5.41) is 9.22. The Morgan fingerprint density at radius 1 is 1.56 bits per heavy atom. The van der Waals surface area contributed by atoms with E-state index in [9.17, 15) is 9.59 Å². The van der Waals surface area contributed by atoms with E-state index in [0.717, 1.165) is 0 Å². The minimum absolute atomic E-state index is 0.134. The first-order valence-electron chi connectivity index (χ1n) is 5.76. The molecule has 0 radical (unpaired) electrons. The van der Waals surface area contributed by atoms with Crippen LogP contribution >= 0.6 is 0 Å². The van der Waals surface area contributed by atoms with Crippen LogP contribution in [0.1, 0.15) is 16.9 Å². The quantitative estimate of drug-likeness (QED) is 0.777. The molecule has 1 aliphatic rings.